The van der Waals surface area contributed by atoms with E-state index in [1.165, 1.54) is 24.5 Å². The highest BCUT2D eigenvalue weighted by atomic mass is 35.5. The highest BCUT2D eigenvalue weighted by Crippen LogP contribution is 2.30. The molecule has 118 valence electrons. The summed E-state index contributed by atoms with van der Waals surface area (Å²) < 4.78 is 26.7. The highest BCUT2D eigenvalue weighted by molar-refractivity contribution is 7.90. The van der Waals surface area contributed by atoms with Gasteiger partial charge in [-0.05, 0) is 37.3 Å². The second kappa shape index (κ2) is 5.72. The number of imidazole rings is 1. The van der Waals surface area contributed by atoms with Gasteiger partial charge in [0.1, 0.15) is 5.75 Å². The molecule has 0 amide bonds. The number of hydrogen-bond donors (Lipinski definition) is 1. The van der Waals surface area contributed by atoms with Crippen LogP contribution < -0.4 is 0 Å². The van der Waals surface area contributed by atoms with Crippen LogP contribution in [0, 0.1) is 6.92 Å². The van der Waals surface area contributed by atoms with Gasteiger partial charge in [0, 0.05) is 18.0 Å². The summed E-state index contributed by atoms with van der Waals surface area (Å²) in [5, 5.41) is 9.63. The van der Waals surface area contributed by atoms with E-state index in [9.17, 15) is 13.5 Å². The number of halogens is 1. The predicted molar refractivity (Wildman–Crippen MR) is 88.1 cm³/mol. The Kier molecular flexibility index (Phi) is 3.87. The Morgan fingerprint density at radius 1 is 1.13 bits per heavy atom. The molecule has 1 aromatic heterocycles. The van der Waals surface area contributed by atoms with Crippen molar-refractivity contribution in [2.45, 2.75) is 11.8 Å². The molecule has 3 rings (SSSR count). The first-order valence-corrected chi connectivity index (χ1v) is 8.56. The summed E-state index contributed by atoms with van der Waals surface area (Å²) >= 11 is 5.90. The van der Waals surface area contributed by atoms with Crippen molar-refractivity contribution in [1.82, 2.24) is 8.96 Å². The van der Waals surface area contributed by atoms with E-state index in [4.69, 9.17) is 11.6 Å². The Morgan fingerprint density at radius 2 is 1.83 bits per heavy atom. The molecular formula is C16H13ClN2O3S. The molecule has 0 spiro atoms. The maximum atomic E-state index is 12.8. The number of aromatic nitrogens is 2. The summed E-state index contributed by atoms with van der Waals surface area (Å²) in [7, 11) is -3.77. The lowest BCUT2D eigenvalue weighted by Gasteiger charge is -2.10. The number of aryl methyl sites for hydroxylation is 1. The third-order valence-electron chi connectivity index (χ3n) is 3.39. The van der Waals surface area contributed by atoms with Gasteiger partial charge < -0.3 is 5.11 Å². The van der Waals surface area contributed by atoms with Gasteiger partial charge in [0.05, 0.1) is 9.92 Å². The maximum absolute atomic E-state index is 12.8. The zero-order valence-electron chi connectivity index (χ0n) is 12.1. The smallest absolute Gasteiger partial charge is 0.269 e. The zero-order valence-corrected chi connectivity index (χ0v) is 13.7. The predicted octanol–water partition coefficient (Wildman–Crippen LogP) is 3.45. The summed E-state index contributed by atoms with van der Waals surface area (Å²) in [4.78, 5) is 4.28. The fourth-order valence-electron chi connectivity index (χ4n) is 2.16. The van der Waals surface area contributed by atoms with Crippen LogP contribution in [0.1, 0.15) is 5.56 Å². The van der Waals surface area contributed by atoms with Gasteiger partial charge in [-0.1, -0.05) is 29.3 Å². The molecule has 2 aromatic carbocycles. The normalized spacial score (nSPS) is 11.6. The highest BCUT2D eigenvalue weighted by Gasteiger charge is 2.21. The summed E-state index contributed by atoms with van der Waals surface area (Å²) in [6.45, 7) is 1.89. The molecule has 0 saturated carbocycles. The summed E-state index contributed by atoms with van der Waals surface area (Å²) in [6, 6.07) is 11.0. The Labute approximate surface area is 138 Å². The molecule has 0 fully saturated rings. The van der Waals surface area contributed by atoms with Crippen molar-refractivity contribution in [2.24, 2.45) is 0 Å². The quantitative estimate of drug-likeness (QED) is 0.786. The molecule has 23 heavy (non-hydrogen) atoms. The van der Waals surface area contributed by atoms with Crippen molar-refractivity contribution in [3.05, 3.63) is 65.4 Å². The van der Waals surface area contributed by atoms with Gasteiger partial charge in [-0.15, -0.1) is 0 Å². The van der Waals surface area contributed by atoms with E-state index in [0.29, 0.717) is 5.56 Å². The molecule has 0 aliphatic heterocycles. The minimum Gasteiger partial charge on any atom is -0.506 e. The van der Waals surface area contributed by atoms with Crippen molar-refractivity contribution >= 4 is 21.6 Å². The fourth-order valence-corrected chi connectivity index (χ4v) is 3.64. The lowest BCUT2D eigenvalue weighted by molar-refractivity contribution is 0.475. The summed E-state index contributed by atoms with van der Waals surface area (Å²) in [5.41, 5.74) is 1.47. The van der Waals surface area contributed by atoms with E-state index in [0.717, 1.165) is 9.54 Å². The second-order valence-corrected chi connectivity index (χ2v) is 7.25. The zero-order chi connectivity index (χ0) is 16.6. The van der Waals surface area contributed by atoms with Crippen LogP contribution in [-0.4, -0.2) is 22.5 Å². The van der Waals surface area contributed by atoms with E-state index in [1.807, 2.05) is 6.92 Å². The lowest BCUT2D eigenvalue weighted by atomic mass is 10.2. The molecule has 0 aliphatic rings. The third-order valence-corrected chi connectivity index (χ3v) is 5.37. The van der Waals surface area contributed by atoms with Crippen LogP contribution in [-0.2, 0) is 10.0 Å². The first kappa shape index (κ1) is 15.6. The molecule has 3 aromatic rings. The number of phenols is 1. The van der Waals surface area contributed by atoms with Crippen LogP contribution in [0.4, 0.5) is 0 Å². The third kappa shape index (κ3) is 2.83. The van der Waals surface area contributed by atoms with Gasteiger partial charge in [-0.25, -0.2) is 17.4 Å². The van der Waals surface area contributed by atoms with Crippen molar-refractivity contribution in [1.29, 1.82) is 0 Å². The Balaban J connectivity index is 2.13. The van der Waals surface area contributed by atoms with Gasteiger partial charge in [0.25, 0.3) is 10.0 Å². The number of rotatable bonds is 3. The number of phenolic OH excluding ortho intramolecular Hbond substituents is 1. The molecule has 5 nitrogen and oxygen atoms in total. The van der Waals surface area contributed by atoms with E-state index >= 15 is 0 Å². The van der Waals surface area contributed by atoms with E-state index in [2.05, 4.69) is 4.98 Å². The Morgan fingerprint density at radius 3 is 2.48 bits per heavy atom. The van der Waals surface area contributed by atoms with Crippen molar-refractivity contribution < 1.29 is 13.5 Å². The maximum Gasteiger partial charge on any atom is 0.269 e. The Bertz CT molecular complexity index is 963. The number of nitrogens with zero attached hydrogens (tertiary/aromatic N) is 2. The van der Waals surface area contributed by atoms with Crippen LogP contribution in [0.3, 0.4) is 0 Å². The molecule has 0 saturated heterocycles. The Hall–Kier alpha value is -2.31. The molecular weight excluding hydrogens is 336 g/mol. The average molecular weight is 349 g/mol. The SMILES string of the molecule is Cc1ccc(S(=O)(=O)n2ccnc2-c2ccc(O)c(Cl)c2)cc1. The molecule has 0 unspecified atom stereocenters. The molecule has 7 heteroatoms. The molecule has 1 N–H and O–H groups in total. The van der Waals surface area contributed by atoms with Crippen LogP contribution in [0.5, 0.6) is 5.75 Å². The van der Waals surface area contributed by atoms with E-state index in [-0.39, 0.29) is 21.5 Å². The van der Waals surface area contributed by atoms with Gasteiger partial charge >= 0.3 is 0 Å². The largest absolute Gasteiger partial charge is 0.506 e. The number of aromatic hydroxyl groups is 1. The minimum absolute atomic E-state index is 0.0742. The molecule has 0 bridgehead atoms. The lowest BCUT2D eigenvalue weighted by Crippen LogP contribution is -2.13. The standard InChI is InChI=1S/C16H13ClN2O3S/c1-11-2-5-13(6-3-11)23(21,22)19-9-8-18-16(19)12-4-7-15(20)14(17)10-12/h2-10,20H,1H3. The summed E-state index contributed by atoms with van der Waals surface area (Å²) in [5.74, 6) is 0.155. The average Bonchev–Trinajstić information content (AvgIpc) is 3.01. The van der Waals surface area contributed by atoms with Crippen molar-refractivity contribution in [3.8, 4) is 17.1 Å². The molecule has 0 aliphatic carbocycles. The summed E-state index contributed by atoms with van der Waals surface area (Å²) in [6.07, 6.45) is 2.78. The van der Waals surface area contributed by atoms with E-state index < -0.39 is 10.0 Å². The van der Waals surface area contributed by atoms with Gasteiger partial charge in [0.2, 0.25) is 0 Å². The van der Waals surface area contributed by atoms with Crippen LogP contribution in [0.15, 0.2) is 59.8 Å². The molecule has 0 atom stereocenters. The van der Waals surface area contributed by atoms with Crippen LogP contribution in [0.25, 0.3) is 11.4 Å². The number of hydrogen-bond acceptors (Lipinski definition) is 4. The minimum atomic E-state index is -3.77. The topological polar surface area (TPSA) is 72.2 Å². The van der Waals surface area contributed by atoms with Crippen LogP contribution >= 0.6 is 11.6 Å². The first-order chi connectivity index (χ1) is 10.9. The van der Waals surface area contributed by atoms with Crippen molar-refractivity contribution in [2.75, 3.05) is 0 Å². The van der Waals surface area contributed by atoms with Gasteiger partial charge in [-0.2, -0.15) is 0 Å². The van der Waals surface area contributed by atoms with Crippen molar-refractivity contribution in [3.63, 3.8) is 0 Å². The number of benzene rings is 2. The van der Waals surface area contributed by atoms with Crippen LogP contribution in [0.2, 0.25) is 5.02 Å². The molecule has 0 radical (unpaired) electrons. The second-order valence-electron chi connectivity index (χ2n) is 5.03. The van der Waals surface area contributed by atoms with E-state index in [1.54, 1.807) is 30.3 Å². The monoisotopic (exact) mass is 348 g/mol. The van der Waals surface area contributed by atoms with Gasteiger partial charge in [-0.3, -0.25) is 0 Å². The van der Waals surface area contributed by atoms with Gasteiger partial charge in [0.15, 0.2) is 5.82 Å². The fraction of sp³-hybridized carbons (Fsp3) is 0.0625. The molecule has 1 heterocycles. The first-order valence-electron chi connectivity index (χ1n) is 6.74.